The smallest absolute Gasteiger partial charge is 0.331 e. The Morgan fingerprint density at radius 2 is 0.735 bits per heavy atom. The topological polar surface area (TPSA) is 179 Å². The van der Waals surface area contributed by atoms with Crippen LogP contribution < -0.4 is 11.5 Å². The highest BCUT2D eigenvalue weighted by molar-refractivity contribution is 5.91. The number of carbonyl (C=O) groups is 4. The van der Waals surface area contributed by atoms with Crippen LogP contribution in [0.2, 0.25) is 0 Å². The third-order valence-electron chi connectivity index (χ3n) is 23.4. The van der Waals surface area contributed by atoms with Gasteiger partial charge in [0.05, 0.1) is 11.8 Å². The van der Waals surface area contributed by atoms with Gasteiger partial charge in [0.25, 0.3) is 0 Å². The van der Waals surface area contributed by atoms with Crippen LogP contribution in [-0.4, -0.2) is 58.4 Å². The summed E-state index contributed by atoms with van der Waals surface area (Å²) in [6.45, 7) is 33.9. The van der Waals surface area contributed by atoms with Gasteiger partial charge in [0.1, 0.15) is 12.2 Å². The van der Waals surface area contributed by atoms with Crippen LogP contribution in [0, 0.1) is 148 Å². The highest BCUT2D eigenvalue weighted by Gasteiger charge is 2.57. The lowest BCUT2D eigenvalue weighted by molar-refractivity contribution is -0.154. The van der Waals surface area contributed by atoms with Crippen molar-refractivity contribution in [3.63, 3.8) is 0 Å². The molecule has 11 aliphatic rings. The molecule has 22 atom stereocenters. The summed E-state index contributed by atoms with van der Waals surface area (Å²) in [6.07, 6.45) is 41.6. The van der Waals surface area contributed by atoms with Gasteiger partial charge in [-0.1, -0.05) is 215 Å². The molecule has 0 aromatic heterocycles. The van der Waals surface area contributed by atoms with Gasteiger partial charge in [-0.3, -0.25) is 9.59 Å². The standard InChI is InChI=1S/C24H40O4.C11H14O4.2C11H18.C9H16N2.C7H10/c1-15(2)19-9-7-17(5)13-21(19)27-23(25)11-12-24(26)28-22-14-18(6)8-10-20(22)16(3)4;1-2-5-6-3-4-7(5)9(11(14)15)8(6)10(12)13;2*1-4-9-10-5-6-11(9)8(3)7(10)2;1-2-5-6-3-4-7(5)9(11)8(6)10;1-2-7-5-3-4-6-7/h11-12,15-22H,7-10,13-14H2,1-6H3;3-9H,2H2,1H3,(H,12,13)(H,14,15);2*5-11H,4H2,1-3H3;3-9H,2,10-11H2,1H3;3-7H,2H2,1H3/b12-11+;;;;;/t17-,18+,19+,20-,21-,22+;5?,6?,7?,8-,9-;2*7-,8-,9?,10?,11?;5?,6?,7?,8-,9-;/m.1001./s1. The molecule has 6 saturated carbocycles. The van der Waals surface area contributed by atoms with Crippen LogP contribution in [-0.2, 0) is 28.7 Å². The van der Waals surface area contributed by atoms with Gasteiger partial charge in [-0.2, -0.15) is 0 Å². The second-order valence-corrected chi connectivity index (χ2v) is 28.5. The fraction of sp³-hybridized carbons (Fsp3) is 0.753. The zero-order valence-electron chi connectivity index (χ0n) is 54.1. The molecule has 8 bridgehead atoms. The van der Waals surface area contributed by atoms with Gasteiger partial charge in [0.2, 0.25) is 0 Å². The minimum Gasteiger partial charge on any atom is -0.481 e. The number of hydrogen-bond acceptors (Lipinski definition) is 8. The van der Waals surface area contributed by atoms with Gasteiger partial charge in [-0.05, 0) is 168 Å². The number of aliphatic carboxylic acids is 2. The molecule has 83 heavy (non-hydrogen) atoms. The normalized spacial score (nSPS) is 42.1. The van der Waals surface area contributed by atoms with Crippen molar-refractivity contribution >= 4 is 23.9 Å². The maximum Gasteiger partial charge on any atom is 0.331 e. The second kappa shape index (κ2) is 31.1. The maximum absolute atomic E-state index is 12.3. The van der Waals surface area contributed by atoms with Gasteiger partial charge < -0.3 is 31.2 Å². The van der Waals surface area contributed by atoms with Crippen LogP contribution in [0.25, 0.3) is 0 Å². The first-order valence-electron chi connectivity index (χ1n) is 33.6. The minimum absolute atomic E-state index is 0.0542. The number of hydrogen-bond donors (Lipinski definition) is 4. The van der Waals surface area contributed by atoms with Gasteiger partial charge >= 0.3 is 23.9 Å². The summed E-state index contributed by atoms with van der Waals surface area (Å²) in [4.78, 5) is 46.7. The van der Waals surface area contributed by atoms with E-state index in [1.165, 1.54) is 50.7 Å². The summed E-state index contributed by atoms with van der Waals surface area (Å²) in [5.74, 6) is 10.7. The highest BCUT2D eigenvalue weighted by Crippen LogP contribution is 2.55. The summed E-state index contributed by atoms with van der Waals surface area (Å²) in [6, 6.07) is 0.435. The van der Waals surface area contributed by atoms with E-state index in [9.17, 15) is 19.2 Å². The monoisotopic (exact) mass is 1150 g/mol. The number of esters is 2. The third kappa shape index (κ3) is 16.0. The van der Waals surface area contributed by atoms with Crippen molar-refractivity contribution < 1.29 is 38.9 Å². The Morgan fingerprint density at radius 3 is 0.988 bits per heavy atom. The quantitative estimate of drug-likeness (QED) is 0.0788. The van der Waals surface area contributed by atoms with Gasteiger partial charge in [0, 0.05) is 24.2 Å². The molecule has 466 valence electrons. The lowest BCUT2D eigenvalue weighted by atomic mass is 9.75. The SMILES string of the molecule is CC(C)[C@H]1CC[C@H](C)C[C@@H]1OC(=O)/C=C/C(=O)O[C@@H]1C[C@H](C)CC[C@H]1C(C)C.CCC1C2C=CC1[C@@H](C(=O)O)[C@@H]2C(=O)O.CCC1C2C=CC1[C@@H](C)[C@@H]2C.CCC1C2C=CC1[C@@H](C)[C@@H]2C.CCC1C2C=CC1[C@@H](N)[C@@H]2N.CCC1C=CC=C1. The summed E-state index contributed by atoms with van der Waals surface area (Å²) >= 11 is 0. The van der Waals surface area contributed by atoms with Crippen LogP contribution in [0.4, 0.5) is 0 Å². The molecule has 0 aromatic carbocycles. The van der Waals surface area contributed by atoms with Crippen molar-refractivity contribution in [2.45, 2.75) is 199 Å². The third-order valence-corrected chi connectivity index (χ3v) is 23.4. The molecular weight excluding hydrogens is 1030 g/mol. The van der Waals surface area contributed by atoms with Crippen LogP contribution >= 0.6 is 0 Å². The molecular formula is C73H116N2O8. The first kappa shape index (κ1) is 68.1. The van der Waals surface area contributed by atoms with Crippen LogP contribution in [0.5, 0.6) is 0 Å². The molecule has 10 heteroatoms. The Kier molecular flexibility index (Phi) is 25.5. The highest BCUT2D eigenvalue weighted by atomic mass is 16.5. The molecule has 11 aliphatic carbocycles. The predicted octanol–water partition coefficient (Wildman–Crippen LogP) is 15.6. The Bertz CT molecular complexity index is 2080. The number of carboxylic acid groups (broad SMARTS) is 2. The average molecular weight is 1150 g/mol. The van der Waals surface area contributed by atoms with E-state index in [1.54, 1.807) is 0 Å². The molecule has 0 heterocycles. The lowest BCUT2D eigenvalue weighted by Crippen LogP contribution is -2.43. The maximum atomic E-state index is 12.3. The van der Waals surface area contributed by atoms with Gasteiger partial charge in [-0.25, -0.2) is 9.59 Å². The lowest BCUT2D eigenvalue weighted by Gasteiger charge is -2.36. The Morgan fingerprint density at radius 1 is 0.446 bits per heavy atom. The van der Waals surface area contributed by atoms with Crippen molar-refractivity contribution in [1.82, 2.24) is 0 Å². The van der Waals surface area contributed by atoms with E-state index in [0.717, 1.165) is 103 Å². The number of carboxylic acids is 2. The van der Waals surface area contributed by atoms with E-state index in [-0.39, 0.29) is 42.0 Å². The zero-order chi connectivity index (χ0) is 61.1. The van der Waals surface area contributed by atoms with Crippen molar-refractivity contribution in [3.05, 3.63) is 85.1 Å². The fourth-order valence-corrected chi connectivity index (χ4v) is 18.0. The average Bonchev–Trinajstić information content (AvgIpc) is 3.21. The van der Waals surface area contributed by atoms with Crippen LogP contribution in [0.3, 0.4) is 0 Å². The van der Waals surface area contributed by atoms with E-state index in [1.807, 2.05) is 19.1 Å². The summed E-state index contributed by atoms with van der Waals surface area (Å²) in [5, 5.41) is 18.1. The van der Waals surface area contributed by atoms with E-state index in [4.69, 9.17) is 31.2 Å². The van der Waals surface area contributed by atoms with Crippen molar-refractivity contribution in [2.75, 3.05) is 0 Å². The number of nitrogens with two attached hydrogens (primary N) is 2. The molecule has 0 aliphatic heterocycles. The van der Waals surface area contributed by atoms with Crippen molar-refractivity contribution in [1.29, 1.82) is 0 Å². The Hall–Kier alpha value is -4.02. The molecule has 0 spiro atoms. The molecule has 11 rings (SSSR count). The Labute approximate surface area is 503 Å². The molecule has 0 saturated heterocycles. The van der Waals surface area contributed by atoms with Crippen LogP contribution in [0.15, 0.2) is 85.1 Å². The molecule has 10 nitrogen and oxygen atoms in total. The van der Waals surface area contributed by atoms with E-state index < -0.39 is 35.7 Å². The summed E-state index contributed by atoms with van der Waals surface area (Å²) in [5.41, 5.74) is 11.9. The van der Waals surface area contributed by atoms with E-state index in [0.29, 0.717) is 47.3 Å². The summed E-state index contributed by atoms with van der Waals surface area (Å²) in [7, 11) is 0. The van der Waals surface area contributed by atoms with Crippen molar-refractivity contribution in [3.8, 4) is 0 Å². The predicted molar refractivity (Wildman–Crippen MR) is 338 cm³/mol. The van der Waals surface area contributed by atoms with E-state index in [2.05, 4.69) is 158 Å². The molecule has 6 N–H and O–H groups in total. The van der Waals surface area contributed by atoms with Gasteiger partial charge in [0.15, 0.2) is 0 Å². The number of ether oxygens (including phenoxy) is 2. The molecule has 0 amide bonds. The minimum atomic E-state index is -0.974. The fourth-order valence-electron chi connectivity index (χ4n) is 18.0. The number of carbonyl (C=O) groups excluding carboxylic acids is 2. The number of allylic oxidation sites excluding steroid dienone is 10. The second-order valence-electron chi connectivity index (χ2n) is 28.5. The van der Waals surface area contributed by atoms with Crippen LogP contribution in [0.1, 0.15) is 174 Å². The zero-order valence-corrected chi connectivity index (χ0v) is 54.1. The number of rotatable bonds is 13. The first-order chi connectivity index (χ1) is 39.4. The number of fused-ring (bicyclic) bond motifs is 8. The van der Waals surface area contributed by atoms with E-state index >= 15 is 0 Å². The Balaban J connectivity index is 0.000000170. The summed E-state index contributed by atoms with van der Waals surface area (Å²) < 4.78 is 11.4. The first-order valence-corrected chi connectivity index (χ1v) is 33.6. The largest absolute Gasteiger partial charge is 0.481 e. The molecule has 0 radical (unpaired) electrons. The van der Waals surface area contributed by atoms with Crippen molar-refractivity contribution in [2.24, 2.45) is 159 Å². The molecule has 8 unspecified atom stereocenters. The molecule has 0 aromatic rings. The molecule has 6 fully saturated rings. The van der Waals surface area contributed by atoms with Gasteiger partial charge in [-0.15, -0.1) is 0 Å².